The summed E-state index contributed by atoms with van der Waals surface area (Å²) >= 11 is 0. The van der Waals surface area contributed by atoms with Gasteiger partial charge in [0.25, 0.3) is 0 Å². The third-order valence-electron chi connectivity index (χ3n) is 8.35. The van der Waals surface area contributed by atoms with Crippen LogP contribution in [0.5, 0.6) is 0 Å². The molecule has 4 aliphatic carbocycles. The van der Waals surface area contributed by atoms with Gasteiger partial charge in [0.1, 0.15) is 0 Å². The molecule has 5 heteroatoms. The second-order valence-corrected chi connectivity index (χ2v) is 9.32. The number of fused-ring (bicyclic) bond motifs is 5. The number of rotatable bonds is 3. The van der Waals surface area contributed by atoms with E-state index in [1.54, 1.807) is 12.2 Å². The highest BCUT2D eigenvalue weighted by atomic mass is 16.5. The number of carboxylic acid groups (broad SMARTS) is 1. The van der Waals surface area contributed by atoms with Crippen molar-refractivity contribution < 1.29 is 24.5 Å². The SMILES string of the molecule is CCO[C@]1(C(=O)O)CC[C@H]2[C@@H]3CCC4=CC(=O)C=C[C@]4(C)[C@H]3[C@@H](O)C[C@@]21C. The van der Waals surface area contributed by atoms with E-state index in [9.17, 15) is 19.8 Å². The summed E-state index contributed by atoms with van der Waals surface area (Å²) in [5.41, 5.74) is -1.00. The smallest absolute Gasteiger partial charge is 0.336 e. The summed E-state index contributed by atoms with van der Waals surface area (Å²) < 4.78 is 5.92. The van der Waals surface area contributed by atoms with Crippen LogP contribution in [-0.4, -0.2) is 40.3 Å². The van der Waals surface area contributed by atoms with Gasteiger partial charge in [-0.15, -0.1) is 0 Å². The Morgan fingerprint density at radius 2 is 2.07 bits per heavy atom. The zero-order valence-electron chi connectivity index (χ0n) is 16.4. The van der Waals surface area contributed by atoms with E-state index >= 15 is 0 Å². The first kappa shape index (κ1) is 18.9. The maximum atomic E-state index is 12.3. The van der Waals surface area contributed by atoms with Crippen molar-refractivity contribution in [2.45, 2.75) is 64.6 Å². The van der Waals surface area contributed by atoms with E-state index in [1.165, 1.54) is 0 Å². The van der Waals surface area contributed by atoms with Gasteiger partial charge in [0.2, 0.25) is 0 Å². The van der Waals surface area contributed by atoms with Crippen LogP contribution in [0, 0.1) is 28.6 Å². The Hall–Kier alpha value is -1.46. The van der Waals surface area contributed by atoms with Crippen molar-refractivity contribution in [2.75, 3.05) is 6.61 Å². The minimum atomic E-state index is -1.21. The number of aliphatic carboxylic acids is 1. The number of ether oxygens (including phenoxy) is 1. The molecule has 0 heterocycles. The molecule has 4 rings (SSSR count). The lowest BCUT2D eigenvalue weighted by molar-refractivity contribution is -0.204. The highest BCUT2D eigenvalue weighted by molar-refractivity contribution is 6.01. The first-order chi connectivity index (χ1) is 12.7. The summed E-state index contributed by atoms with van der Waals surface area (Å²) in [6.45, 7) is 6.34. The van der Waals surface area contributed by atoms with Gasteiger partial charge in [-0.3, -0.25) is 4.79 Å². The maximum Gasteiger partial charge on any atom is 0.336 e. The quantitative estimate of drug-likeness (QED) is 0.793. The number of hydrogen-bond donors (Lipinski definition) is 2. The van der Waals surface area contributed by atoms with E-state index in [4.69, 9.17) is 4.74 Å². The van der Waals surface area contributed by atoms with Gasteiger partial charge in [-0.05, 0) is 63.0 Å². The average molecular weight is 374 g/mol. The fourth-order valence-corrected chi connectivity index (χ4v) is 7.21. The molecule has 0 aliphatic heterocycles. The molecule has 3 saturated carbocycles. The van der Waals surface area contributed by atoms with Crippen LogP contribution in [0.2, 0.25) is 0 Å². The Bertz CT molecular complexity index is 739. The van der Waals surface area contributed by atoms with Crippen LogP contribution >= 0.6 is 0 Å². The standard InChI is InChI=1S/C22H30O5/c1-4-27-22(19(25)26)10-8-16-15-6-5-13-11-14(23)7-9-20(13,2)18(15)17(24)12-21(16,22)3/h7,9,11,15-18,24H,4-6,8,10,12H2,1-3H3,(H,25,26)/t15-,16-,17-,18+,20-,21-,22-/m0/s1. The Labute approximate surface area is 160 Å². The first-order valence-corrected chi connectivity index (χ1v) is 10.2. The number of aliphatic hydroxyl groups is 1. The molecule has 7 atom stereocenters. The monoisotopic (exact) mass is 374 g/mol. The van der Waals surface area contributed by atoms with E-state index in [-0.39, 0.29) is 29.0 Å². The van der Waals surface area contributed by atoms with Crippen LogP contribution in [0.4, 0.5) is 0 Å². The molecular formula is C22H30O5. The minimum Gasteiger partial charge on any atom is -0.479 e. The number of allylic oxidation sites excluding steroid dienone is 4. The Morgan fingerprint density at radius 1 is 1.33 bits per heavy atom. The molecule has 2 N–H and O–H groups in total. The predicted octanol–water partition coefficient (Wildman–Crippen LogP) is 3.13. The summed E-state index contributed by atoms with van der Waals surface area (Å²) in [7, 11) is 0. The van der Waals surface area contributed by atoms with Crippen molar-refractivity contribution >= 4 is 11.8 Å². The topological polar surface area (TPSA) is 83.8 Å². The van der Waals surface area contributed by atoms with E-state index in [1.807, 2.05) is 19.9 Å². The van der Waals surface area contributed by atoms with Gasteiger partial charge in [0.15, 0.2) is 11.4 Å². The molecule has 0 spiro atoms. The number of carbonyl (C=O) groups is 2. The van der Waals surface area contributed by atoms with Crippen LogP contribution in [-0.2, 0) is 14.3 Å². The molecule has 0 aromatic carbocycles. The van der Waals surface area contributed by atoms with Crippen molar-refractivity contribution in [1.82, 2.24) is 0 Å². The van der Waals surface area contributed by atoms with E-state index in [0.717, 1.165) is 24.8 Å². The Balaban J connectivity index is 1.76. The average Bonchev–Trinajstić information content (AvgIpc) is 2.89. The van der Waals surface area contributed by atoms with Gasteiger partial charge >= 0.3 is 5.97 Å². The molecule has 0 aromatic rings. The lowest BCUT2D eigenvalue weighted by Gasteiger charge is -2.59. The van der Waals surface area contributed by atoms with Gasteiger partial charge in [-0.1, -0.05) is 25.5 Å². The first-order valence-electron chi connectivity index (χ1n) is 10.2. The van der Waals surface area contributed by atoms with Crippen molar-refractivity contribution in [3.63, 3.8) is 0 Å². The number of carboxylic acids is 1. The van der Waals surface area contributed by atoms with Gasteiger partial charge < -0.3 is 14.9 Å². The second-order valence-electron chi connectivity index (χ2n) is 9.32. The second kappa shape index (κ2) is 6.02. The van der Waals surface area contributed by atoms with Crippen LogP contribution in [0.3, 0.4) is 0 Å². The number of carbonyl (C=O) groups excluding carboxylic acids is 1. The summed E-state index contributed by atoms with van der Waals surface area (Å²) in [6.07, 6.45) is 8.21. The van der Waals surface area contributed by atoms with Crippen LogP contribution in [0.1, 0.15) is 52.9 Å². The summed E-state index contributed by atoms with van der Waals surface area (Å²) in [5, 5.41) is 21.4. The zero-order valence-corrected chi connectivity index (χ0v) is 16.4. The number of ketones is 1. The number of hydrogen-bond acceptors (Lipinski definition) is 4. The predicted molar refractivity (Wildman–Crippen MR) is 100.0 cm³/mol. The third kappa shape index (κ3) is 2.31. The zero-order chi connectivity index (χ0) is 19.6. The maximum absolute atomic E-state index is 12.3. The fraction of sp³-hybridized carbons (Fsp3) is 0.727. The minimum absolute atomic E-state index is 0.0196. The molecule has 0 bridgehead atoms. The summed E-state index contributed by atoms with van der Waals surface area (Å²) in [6, 6.07) is 0. The molecule has 148 valence electrons. The van der Waals surface area contributed by atoms with Crippen LogP contribution < -0.4 is 0 Å². The van der Waals surface area contributed by atoms with Crippen molar-refractivity contribution in [1.29, 1.82) is 0 Å². The summed E-state index contributed by atoms with van der Waals surface area (Å²) in [4.78, 5) is 24.2. The Kier molecular flexibility index (Phi) is 4.21. The largest absolute Gasteiger partial charge is 0.479 e. The molecular weight excluding hydrogens is 344 g/mol. The van der Waals surface area contributed by atoms with Gasteiger partial charge in [-0.25, -0.2) is 4.79 Å². The van der Waals surface area contributed by atoms with Gasteiger partial charge in [-0.2, -0.15) is 0 Å². The van der Waals surface area contributed by atoms with Crippen LogP contribution in [0.25, 0.3) is 0 Å². The van der Waals surface area contributed by atoms with Gasteiger partial charge in [0, 0.05) is 23.4 Å². The van der Waals surface area contributed by atoms with Gasteiger partial charge in [0.05, 0.1) is 6.10 Å². The van der Waals surface area contributed by atoms with E-state index in [2.05, 4.69) is 6.92 Å². The van der Waals surface area contributed by atoms with E-state index in [0.29, 0.717) is 19.4 Å². The normalized spacial score (nSPS) is 48.4. The summed E-state index contributed by atoms with van der Waals surface area (Å²) in [5.74, 6) is -0.409. The van der Waals surface area contributed by atoms with Crippen molar-refractivity contribution in [3.05, 3.63) is 23.8 Å². The van der Waals surface area contributed by atoms with E-state index < -0.39 is 23.1 Å². The molecule has 0 radical (unpaired) electrons. The number of aliphatic hydroxyl groups excluding tert-OH is 1. The molecule has 3 fully saturated rings. The fourth-order valence-electron chi connectivity index (χ4n) is 7.21. The molecule has 4 aliphatic rings. The Morgan fingerprint density at radius 3 is 2.74 bits per heavy atom. The molecule has 0 amide bonds. The highest BCUT2D eigenvalue weighted by Gasteiger charge is 2.69. The lowest BCUT2D eigenvalue weighted by Crippen LogP contribution is -2.62. The lowest BCUT2D eigenvalue weighted by atomic mass is 9.46. The molecule has 0 aromatic heterocycles. The molecule has 0 saturated heterocycles. The molecule has 5 nitrogen and oxygen atoms in total. The van der Waals surface area contributed by atoms with Crippen molar-refractivity contribution in [3.8, 4) is 0 Å². The molecule has 0 unspecified atom stereocenters. The highest BCUT2D eigenvalue weighted by Crippen LogP contribution is 2.67. The molecule has 27 heavy (non-hydrogen) atoms. The third-order valence-corrected chi connectivity index (χ3v) is 8.35. The van der Waals surface area contributed by atoms with Crippen LogP contribution in [0.15, 0.2) is 23.8 Å². The van der Waals surface area contributed by atoms with Crippen molar-refractivity contribution in [2.24, 2.45) is 28.6 Å².